The maximum absolute atomic E-state index is 11.4. The van der Waals surface area contributed by atoms with Crippen LogP contribution >= 0.6 is 12.2 Å². The molecule has 2 N–H and O–H groups in total. The zero-order valence-electron chi connectivity index (χ0n) is 11.6. The Hall–Kier alpha value is -1.76. The van der Waals surface area contributed by atoms with Gasteiger partial charge in [-0.1, -0.05) is 12.2 Å². The number of carbonyl (C=O) groups is 1. The number of methoxy groups -OCH3 is 1. The normalized spacial score (nSPS) is 10.1. The minimum Gasteiger partial charge on any atom is -0.468 e. The molecule has 0 unspecified atom stereocenters. The second kappa shape index (κ2) is 6.42. The predicted molar refractivity (Wildman–Crippen MR) is 77.3 cm³/mol. The van der Waals surface area contributed by atoms with E-state index in [1.807, 2.05) is 20.8 Å². The van der Waals surface area contributed by atoms with Crippen molar-refractivity contribution >= 4 is 29.0 Å². The van der Waals surface area contributed by atoms with E-state index in [0.29, 0.717) is 17.9 Å². The number of nitrogens with two attached hydrogens (primary N) is 1. The monoisotopic (exact) mass is 282 g/mol. The van der Waals surface area contributed by atoms with E-state index in [1.54, 1.807) is 4.90 Å². The van der Waals surface area contributed by atoms with Gasteiger partial charge in [0.05, 0.1) is 18.4 Å². The summed E-state index contributed by atoms with van der Waals surface area (Å²) >= 11 is 5.07. The SMILES string of the molecule is CCN(CC(=O)OC)c1nnc(C)c(C)c1C(N)=S. The highest BCUT2D eigenvalue weighted by atomic mass is 32.1. The lowest BCUT2D eigenvalue weighted by Gasteiger charge is -2.23. The van der Waals surface area contributed by atoms with E-state index < -0.39 is 0 Å². The van der Waals surface area contributed by atoms with Crippen LogP contribution in [-0.4, -0.2) is 41.4 Å². The molecular weight excluding hydrogens is 264 g/mol. The highest BCUT2D eigenvalue weighted by Crippen LogP contribution is 2.22. The molecule has 0 aromatic carbocycles. The summed E-state index contributed by atoms with van der Waals surface area (Å²) in [5.74, 6) is 0.166. The highest BCUT2D eigenvalue weighted by molar-refractivity contribution is 7.80. The van der Waals surface area contributed by atoms with Crippen LogP contribution in [0.25, 0.3) is 0 Å². The molecule has 0 bridgehead atoms. The maximum Gasteiger partial charge on any atom is 0.325 e. The second-order valence-corrected chi connectivity index (χ2v) is 4.50. The summed E-state index contributed by atoms with van der Waals surface area (Å²) in [7, 11) is 1.34. The summed E-state index contributed by atoms with van der Waals surface area (Å²) in [6.45, 7) is 6.28. The average Bonchev–Trinajstić information content (AvgIpc) is 2.38. The lowest BCUT2D eigenvalue weighted by Crippen LogP contribution is -2.33. The van der Waals surface area contributed by atoms with Crippen LogP contribution in [-0.2, 0) is 9.53 Å². The van der Waals surface area contributed by atoms with E-state index >= 15 is 0 Å². The van der Waals surface area contributed by atoms with Crippen molar-refractivity contribution in [2.45, 2.75) is 20.8 Å². The van der Waals surface area contributed by atoms with Gasteiger partial charge >= 0.3 is 5.97 Å². The number of likely N-dealkylation sites (N-methyl/N-ethyl adjacent to an activating group) is 1. The molecule has 104 valence electrons. The van der Waals surface area contributed by atoms with Gasteiger partial charge in [-0.05, 0) is 26.3 Å². The van der Waals surface area contributed by atoms with Gasteiger partial charge in [0.2, 0.25) is 0 Å². The summed E-state index contributed by atoms with van der Waals surface area (Å²) in [4.78, 5) is 13.4. The number of rotatable bonds is 5. The van der Waals surface area contributed by atoms with Crippen LogP contribution in [0.2, 0.25) is 0 Å². The van der Waals surface area contributed by atoms with Gasteiger partial charge in [-0.2, -0.15) is 5.10 Å². The van der Waals surface area contributed by atoms with Crippen LogP contribution in [0.1, 0.15) is 23.7 Å². The lowest BCUT2D eigenvalue weighted by molar-refractivity contribution is -0.138. The number of thiocarbonyl (C=S) groups is 1. The lowest BCUT2D eigenvalue weighted by atomic mass is 10.1. The topological polar surface area (TPSA) is 81.3 Å². The van der Waals surface area contributed by atoms with E-state index in [1.165, 1.54) is 7.11 Å². The number of hydrogen-bond acceptors (Lipinski definition) is 6. The van der Waals surface area contributed by atoms with E-state index in [4.69, 9.17) is 18.0 Å². The number of aryl methyl sites for hydroxylation is 1. The number of anilines is 1. The Bertz CT molecular complexity index is 505. The van der Waals surface area contributed by atoms with Crippen molar-refractivity contribution in [3.8, 4) is 0 Å². The fourth-order valence-corrected chi connectivity index (χ4v) is 1.91. The Morgan fingerprint density at radius 3 is 2.53 bits per heavy atom. The fourth-order valence-electron chi connectivity index (χ4n) is 1.67. The Balaban J connectivity index is 3.27. The maximum atomic E-state index is 11.4. The Morgan fingerprint density at radius 1 is 1.42 bits per heavy atom. The van der Waals surface area contributed by atoms with Gasteiger partial charge in [-0.25, -0.2) is 0 Å². The van der Waals surface area contributed by atoms with Crippen LogP contribution in [0.3, 0.4) is 0 Å². The number of esters is 1. The van der Waals surface area contributed by atoms with Crippen molar-refractivity contribution in [1.82, 2.24) is 10.2 Å². The highest BCUT2D eigenvalue weighted by Gasteiger charge is 2.20. The van der Waals surface area contributed by atoms with Crippen molar-refractivity contribution in [1.29, 1.82) is 0 Å². The molecule has 0 aliphatic carbocycles. The molecule has 0 aliphatic rings. The van der Waals surface area contributed by atoms with Crippen molar-refractivity contribution in [3.63, 3.8) is 0 Å². The fraction of sp³-hybridized carbons (Fsp3) is 0.500. The first-order chi connectivity index (χ1) is 8.92. The van der Waals surface area contributed by atoms with Crippen molar-refractivity contribution in [3.05, 3.63) is 16.8 Å². The zero-order chi connectivity index (χ0) is 14.6. The summed E-state index contributed by atoms with van der Waals surface area (Å²) in [6.07, 6.45) is 0. The molecule has 6 nitrogen and oxygen atoms in total. The van der Waals surface area contributed by atoms with Crippen molar-refractivity contribution in [2.24, 2.45) is 5.73 Å². The standard InChI is InChI=1S/C12H18N4O2S/c1-5-16(6-9(17)18-4)12-10(11(13)19)7(2)8(3)14-15-12/h5-6H2,1-4H3,(H2,13,19). The molecule has 0 aliphatic heterocycles. The summed E-state index contributed by atoms with van der Waals surface area (Å²) in [5.41, 5.74) is 8.06. The smallest absolute Gasteiger partial charge is 0.325 e. The molecule has 1 heterocycles. The van der Waals surface area contributed by atoms with Gasteiger partial charge in [-0.3, -0.25) is 4.79 Å². The predicted octanol–water partition coefficient (Wildman–Crippen LogP) is 0.727. The molecule has 0 radical (unpaired) electrons. The van der Waals surface area contributed by atoms with Crippen LogP contribution in [0.4, 0.5) is 5.82 Å². The van der Waals surface area contributed by atoms with E-state index in [-0.39, 0.29) is 17.5 Å². The van der Waals surface area contributed by atoms with Gasteiger partial charge in [0, 0.05) is 6.54 Å². The Morgan fingerprint density at radius 2 is 2.05 bits per heavy atom. The van der Waals surface area contributed by atoms with Gasteiger partial charge in [0.25, 0.3) is 0 Å². The molecule has 0 saturated carbocycles. The Kier molecular flexibility index (Phi) is 5.17. The minimum absolute atomic E-state index is 0.0831. The van der Waals surface area contributed by atoms with Crippen molar-refractivity contribution < 1.29 is 9.53 Å². The summed E-state index contributed by atoms with van der Waals surface area (Å²) in [5, 5.41) is 8.18. The number of hydrogen-bond donors (Lipinski definition) is 1. The third kappa shape index (κ3) is 3.37. The molecule has 7 heteroatoms. The third-order valence-corrected chi connectivity index (χ3v) is 3.12. The average molecular weight is 282 g/mol. The quantitative estimate of drug-likeness (QED) is 0.629. The van der Waals surface area contributed by atoms with Gasteiger partial charge in [0.15, 0.2) is 5.82 Å². The van der Waals surface area contributed by atoms with E-state index in [2.05, 4.69) is 14.9 Å². The molecule has 0 amide bonds. The zero-order valence-corrected chi connectivity index (χ0v) is 12.4. The molecular formula is C12H18N4O2S. The van der Waals surface area contributed by atoms with Crippen LogP contribution in [0, 0.1) is 13.8 Å². The van der Waals surface area contributed by atoms with E-state index in [9.17, 15) is 4.79 Å². The van der Waals surface area contributed by atoms with Crippen LogP contribution < -0.4 is 10.6 Å². The molecule has 19 heavy (non-hydrogen) atoms. The number of carbonyl (C=O) groups excluding carboxylic acids is 1. The number of ether oxygens (including phenoxy) is 1. The first-order valence-electron chi connectivity index (χ1n) is 5.87. The van der Waals surface area contributed by atoms with E-state index in [0.717, 1.165) is 11.3 Å². The number of nitrogens with zero attached hydrogens (tertiary/aromatic N) is 3. The molecule has 0 atom stereocenters. The third-order valence-electron chi connectivity index (χ3n) is 2.91. The molecule has 1 aromatic heterocycles. The first-order valence-corrected chi connectivity index (χ1v) is 6.28. The van der Waals surface area contributed by atoms with Gasteiger partial charge < -0.3 is 15.4 Å². The molecule has 0 spiro atoms. The summed E-state index contributed by atoms with van der Waals surface area (Å²) in [6, 6.07) is 0. The second-order valence-electron chi connectivity index (χ2n) is 4.06. The van der Waals surface area contributed by atoms with Crippen LogP contribution in [0.5, 0.6) is 0 Å². The minimum atomic E-state index is -0.351. The first kappa shape index (κ1) is 15.3. The Labute approximate surface area is 117 Å². The van der Waals surface area contributed by atoms with Gasteiger partial charge in [0.1, 0.15) is 11.5 Å². The summed E-state index contributed by atoms with van der Waals surface area (Å²) < 4.78 is 4.67. The van der Waals surface area contributed by atoms with Crippen molar-refractivity contribution in [2.75, 3.05) is 25.1 Å². The van der Waals surface area contributed by atoms with Gasteiger partial charge in [-0.15, -0.1) is 5.10 Å². The molecule has 1 rings (SSSR count). The number of aromatic nitrogens is 2. The molecule has 0 fully saturated rings. The molecule has 0 saturated heterocycles. The largest absolute Gasteiger partial charge is 0.468 e. The molecule has 1 aromatic rings. The van der Waals surface area contributed by atoms with Crippen LogP contribution in [0.15, 0.2) is 0 Å².